The molecular formula is C13H17N3O. The lowest BCUT2D eigenvalue weighted by atomic mass is 10.3. The first kappa shape index (κ1) is 11.5. The Labute approximate surface area is 101 Å². The molecule has 1 heterocycles. The van der Waals surface area contributed by atoms with Crippen molar-refractivity contribution < 1.29 is 4.74 Å². The van der Waals surface area contributed by atoms with Crippen molar-refractivity contribution >= 4 is 5.69 Å². The average molecular weight is 231 g/mol. The third-order valence-electron chi connectivity index (χ3n) is 2.57. The zero-order valence-corrected chi connectivity index (χ0v) is 10.1. The number of benzene rings is 1. The molecule has 0 aliphatic carbocycles. The van der Waals surface area contributed by atoms with Crippen LogP contribution in [0.5, 0.6) is 5.75 Å². The van der Waals surface area contributed by atoms with Crippen LogP contribution in [-0.4, -0.2) is 9.55 Å². The number of rotatable bonds is 4. The van der Waals surface area contributed by atoms with Crippen LogP contribution in [-0.2, 0) is 6.61 Å². The molecule has 90 valence electrons. The number of anilines is 1. The number of nitrogens with zero attached hydrogens (tertiary/aromatic N) is 2. The van der Waals surface area contributed by atoms with E-state index < -0.39 is 0 Å². The number of aromatic nitrogens is 2. The highest BCUT2D eigenvalue weighted by atomic mass is 16.5. The molecule has 0 fully saturated rings. The molecule has 0 bridgehead atoms. The molecule has 1 aromatic heterocycles. The Hall–Kier alpha value is -1.97. The molecule has 0 unspecified atom stereocenters. The van der Waals surface area contributed by atoms with Gasteiger partial charge in [0.25, 0.3) is 0 Å². The van der Waals surface area contributed by atoms with Gasteiger partial charge in [-0.1, -0.05) is 0 Å². The quantitative estimate of drug-likeness (QED) is 0.823. The van der Waals surface area contributed by atoms with Crippen LogP contribution in [0.25, 0.3) is 0 Å². The summed E-state index contributed by atoms with van der Waals surface area (Å²) in [5, 5.41) is 0. The van der Waals surface area contributed by atoms with Gasteiger partial charge in [0, 0.05) is 11.7 Å². The van der Waals surface area contributed by atoms with Gasteiger partial charge in [-0.15, -0.1) is 0 Å². The van der Waals surface area contributed by atoms with Crippen LogP contribution < -0.4 is 10.5 Å². The molecule has 2 aromatic rings. The van der Waals surface area contributed by atoms with Crippen LogP contribution in [0.15, 0.2) is 36.8 Å². The van der Waals surface area contributed by atoms with Crippen LogP contribution >= 0.6 is 0 Å². The van der Waals surface area contributed by atoms with E-state index >= 15 is 0 Å². The molecule has 4 nitrogen and oxygen atoms in total. The van der Waals surface area contributed by atoms with Gasteiger partial charge in [-0.2, -0.15) is 0 Å². The predicted octanol–water partition coefficient (Wildman–Crippen LogP) is 2.63. The fourth-order valence-electron chi connectivity index (χ4n) is 1.63. The largest absolute Gasteiger partial charge is 0.487 e. The smallest absolute Gasteiger partial charge is 0.130 e. The number of nitrogen functional groups attached to an aromatic ring is 1. The van der Waals surface area contributed by atoms with Gasteiger partial charge in [-0.25, -0.2) is 4.98 Å². The maximum Gasteiger partial charge on any atom is 0.130 e. The SMILES string of the molecule is CC(C)n1cncc1COc1ccc(N)cc1. The van der Waals surface area contributed by atoms with E-state index in [1.54, 1.807) is 0 Å². The highest BCUT2D eigenvalue weighted by Crippen LogP contribution is 2.16. The monoisotopic (exact) mass is 231 g/mol. The molecular weight excluding hydrogens is 214 g/mol. The fourth-order valence-corrected chi connectivity index (χ4v) is 1.63. The molecule has 0 amide bonds. The molecule has 0 atom stereocenters. The van der Waals surface area contributed by atoms with Crippen molar-refractivity contribution in [3.8, 4) is 5.75 Å². The van der Waals surface area contributed by atoms with Gasteiger partial charge in [0.2, 0.25) is 0 Å². The maximum atomic E-state index is 5.68. The summed E-state index contributed by atoms with van der Waals surface area (Å²) in [6.45, 7) is 4.75. The van der Waals surface area contributed by atoms with Crippen LogP contribution in [0.3, 0.4) is 0 Å². The first-order valence-electron chi connectivity index (χ1n) is 5.66. The standard InChI is InChI=1S/C13H17N3O/c1-10(2)16-9-15-7-12(16)8-17-13-5-3-11(14)4-6-13/h3-7,9-10H,8,14H2,1-2H3. The number of hydrogen-bond donors (Lipinski definition) is 1. The fraction of sp³-hybridized carbons (Fsp3) is 0.308. The van der Waals surface area contributed by atoms with E-state index in [-0.39, 0.29) is 0 Å². The summed E-state index contributed by atoms with van der Waals surface area (Å²) in [6, 6.07) is 7.78. The second-order valence-electron chi connectivity index (χ2n) is 4.24. The van der Waals surface area contributed by atoms with E-state index in [4.69, 9.17) is 10.5 Å². The third-order valence-corrected chi connectivity index (χ3v) is 2.57. The minimum Gasteiger partial charge on any atom is -0.487 e. The van der Waals surface area contributed by atoms with E-state index in [0.29, 0.717) is 12.6 Å². The van der Waals surface area contributed by atoms with Crippen LogP contribution in [0.2, 0.25) is 0 Å². The average Bonchev–Trinajstić information content (AvgIpc) is 2.76. The minimum absolute atomic E-state index is 0.391. The molecule has 2 N–H and O–H groups in total. The van der Waals surface area contributed by atoms with E-state index in [0.717, 1.165) is 17.1 Å². The van der Waals surface area contributed by atoms with Gasteiger partial charge in [0.15, 0.2) is 0 Å². The van der Waals surface area contributed by atoms with Crippen molar-refractivity contribution in [2.75, 3.05) is 5.73 Å². The zero-order chi connectivity index (χ0) is 12.3. The van der Waals surface area contributed by atoms with Gasteiger partial charge < -0.3 is 15.0 Å². The summed E-state index contributed by atoms with van der Waals surface area (Å²) in [5.74, 6) is 0.815. The minimum atomic E-state index is 0.391. The molecule has 0 radical (unpaired) electrons. The van der Waals surface area contributed by atoms with Gasteiger partial charge in [-0.05, 0) is 38.1 Å². The highest BCUT2D eigenvalue weighted by molar-refractivity contribution is 5.41. The molecule has 0 saturated carbocycles. The molecule has 0 aliphatic heterocycles. The van der Waals surface area contributed by atoms with Gasteiger partial charge in [-0.3, -0.25) is 0 Å². The van der Waals surface area contributed by atoms with Crippen LogP contribution in [0.4, 0.5) is 5.69 Å². The van der Waals surface area contributed by atoms with Crippen molar-refractivity contribution in [3.05, 3.63) is 42.5 Å². The Morgan fingerprint density at radius 1 is 1.29 bits per heavy atom. The Balaban J connectivity index is 2.02. The molecule has 0 spiro atoms. The Morgan fingerprint density at radius 3 is 2.65 bits per heavy atom. The van der Waals surface area contributed by atoms with Gasteiger partial charge in [0.05, 0.1) is 18.2 Å². The summed E-state index contributed by atoms with van der Waals surface area (Å²) in [5.41, 5.74) is 7.42. The summed E-state index contributed by atoms with van der Waals surface area (Å²) < 4.78 is 7.77. The Kier molecular flexibility index (Phi) is 3.32. The number of hydrogen-bond acceptors (Lipinski definition) is 3. The van der Waals surface area contributed by atoms with E-state index in [9.17, 15) is 0 Å². The first-order chi connectivity index (χ1) is 8.16. The van der Waals surface area contributed by atoms with Gasteiger partial charge in [0.1, 0.15) is 12.4 Å². The van der Waals surface area contributed by atoms with Crippen molar-refractivity contribution in [2.45, 2.75) is 26.5 Å². The topological polar surface area (TPSA) is 53.1 Å². The molecule has 0 saturated heterocycles. The summed E-state index contributed by atoms with van der Waals surface area (Å²) in [6.07, 6.45) is 3.66. The zero-order valence-electron chi connectivity index (χ0n) is 10.1. The summed E-state index contributed by atoms with van der Waals surface area (Å²) in [4.78, 5) is 4.13. The lowest BCUT2D eigenvalue weighted by molar-refractivity contribution is 0.292. The second kappa shape index (κ2) is 4.91. The Bertz CT molecular complexity index is 474. The third kappa shape index (κ3) is 2.78. The normalized spacial score (nSPS) is 10.8. The molecule has 1 aromatic carbocycles. The predicted molar refractivity (Wildman–Crippen MR) is 67.8 cm³/mol. The number of imidazole rings is 1. The summed E-state index contributed by atoms with van der Waals surface area (Å²) >= 11 is 0. The van der Waals surface area contributed by atoms with Crippen molar-refractivity contribution in [2.24, 2.45) is 0 Å². The van der Waals surface area contributed by atoms with Crippen LogP contribution in [0, 0.1) is 0 Å². The lowest BCUT2D eigenvalue weighted by Gasteiger charge is -2.12. The van der Waals surface area contributed by atoms with Gasteiger partial charge >= 0.3 is 0 Å². The molecule has 2 rings (SSSR count). The first-order valence-corrected chi connectivity index (χ1v) is 5.66. The molecule has 17 heavy (non-hydrogen) atoms. The van der Waals surface area contributed by atoms with Crippen molar-refractivity contribution in [1.29, 1.82) is 0 Å². The van der Waals surface area contributed by atoms with Crippen molar-refractivity contribution in [1.82, 2.24) is 9.55 Å². The van der Waals surface area contributed by atoms with Crippen molar-refractivity contribution in [3.63, 3.8) is 0 Å². The van der Waals surface area contributed by atoms with E-state index in [1.807, 2.05) is 36.8 Å². The van der Waals surface area contributed by atoms with E-state index in [2.05, 4.69) is 23.4 Å². The Morgan fingerprint density at radius 2 is 2.00 bits per heavy atom. The maximum absolute atomic E-state index is 5.68. The van der Waals surface area contributed by atoms with Crippen LogP contribution in [0.1, 0.15) is 25.6 Å². The molecule has 4 heteroatoms. The molecule has 0 aliphatic rings. The highest BCUT2D eigenvalue weighted by Gasteiger charge is 2.05. The van der Waals surface area contributed by atoms with E-state index in [1.165, 1.54) is 0 Å². The second-order valence-corrected chi connectivity index (χ2v) is 4.24. The number of nitrogens with two attached hydrogens (primary N) is 1. The summed E-state index contributed by atoms with van der Waals surface area (Å²) in [7, 11) is 0. The number of ether oxygens (including phenoxy) is 1. The lowest BCUT2D eigenvalue weighted by Crippen LogP contribution is -2.07.